The van der Waals surface area contributed by atoms with Gasteiger partial charge in [0, 0.05) is 23.9 Å². The number of benzene rings is 3. The molecule has 0 radical (unpaired) electrons. The minimum Gasteiger partial charge on any atom is -0.488 e. The highest BCUT2D eigenvalue weighted by Gasteiger charge is 2.21. The maximum atomic E-state index is 12.9. The van der Waals surface area contributed by atoms with Crippen LogP contribution >= 0.6 is 0 Å². The van der Waals surface area contributed by atoms with E-state index >= 15 is 0 Å². The number of aromatic amines is 2. The second kappa shape index (κ2) is 12.8. The minimum atomic E-state index is 0.198. The molecule has 1 unspecified atom stereocenters. The largest absolute Gasteiger partial charge is 0.488 e. The molecule has 8 heteroatoms. The zero-order valence-corrected chi connectivity index (χ0v) is 26.7. The topological polar surface area (TPSA) is 90.1 Å². The molecule has 2 N–H and O–H groups in total. The monoisotopic (exact) mass is 592 g/mol. The molecule has 0 bridgehead atoms. The molecule has 0 fully saturated rings. The molecule has 0 saturated carbocycles. The lowest BCUT2D eigenvalue weighted by molar-refractivity contribution is -0.132. The predicted octanol–water partition coefficient (Wildman–Crippen LogP) is 7.68. The zero-order chi connectivity index (χ0) is 30.8. The van der Waals surface area contributed by atoms with Crippen molar-refractivity contribution in [3.05, 3.63) is 65.9 Å². The van der Waals surface area contributed by atoms with E-state index in [1.165, 1.54) is 5.56 Å². The van der Waals surface area contributed by atoms with Crippen molar-refractivity contribution in [1.29, 1.82) is 0 Å². The molecule has 3 aromatic carbocycles. The standard InChI is InChI=1S/C36H44N6O2/c1-6-13-41(5)20-34-38-30-12-10-24-17-29-27-11-9-25(16-26(27)22-44-32(29)18-28(24)36(30)40-34)31-19-37-33(39-31)21-42(14-7-2)35(43)15-23(4)8-3/h9-12,16-19,23H,6-8,13-15,20-22H2,1-5H3,(H,37,39)(H,38,40). The molecule has 0 aliphatic carbocycles. The molecule has 3 heterocycles. The molecular formula is C36H44N6O2. The van der Waals surface area contributed by atoms with Gasteiger partial charge >= 0.3 is 0 Å². The number of nitrogens with one attached hydrogen (secondary N) is 2. The van der Waals surface area contributed by atoms with Gasteiger partial charge in [0.1, 0.15) is 24.0 Å². The van der Waals surface area contributed by atoms with Gasteiger partial charge in [-0.3, -0.25) is 9.69 Å². The van der Waals surface area contributed by atoms with Crippen molar-refractivity contribution >= 4 is 27.7 Å². The molecule has 0 spiro atoms. The molecule has 0 saturated heterocycles. The summed E-state index contributed by atoms with van der Waals surface area (Å²) < 4.78 is 6.34. The zero-order valence-electron chi connectivity index (χ0n) is 26.7. The van der Waals surface area contributed by atoms with Crippen LogP contribution in [-0.2, 0) is 24.5 Å². The van der Waals surface area contributed by atoms with Crippen molar-refractivity contribution in [2.75, 3.05) is 20.1 Å². The highest BCUT2D eigenvalue weighted by atomic mass is 16.5. The van der Waals surface area contributed by atoms with E-state index < -0.39 is 0 Å². The SMILES string of the molecule is CCCN(C)Cc1nc2c(ccc3cc4c(cc32)OCc2cc(-c3cnc(CN(CCC)C(=O)CC(C)CC)[nH]3)ccc2-4)[nH]1. The van der Waals surface area contributed by atoms with E-state index in [0.29, 0.717) is 25.5 Å². The maximum absolute atomic E-state index is 12.9. The predicted molar refractivity (Wildman–Crippen MR) is 177 cm³/mol. The lowest BCUT2D eigenvalue weighted by Crippen LogP contribution is -2.32. The van der Waals surface area contributed by atoms with Gasteiger partial charge in [0.05, 0.1) is 36.0 Å². The van der Waals surface area contributed by atoms with Gasteiger partial charge in [0.2, 0.25) is 5.91 Å². The van der Waals surface area contributed by atoms with E-state index in [9.17, 15) is 4.79 Å². The number of rotatable bonds is 12. The van der Waals surface area contributed by atoms with Crippen molar-refractivity contribution in [2.45, 2.75) is 73.1 Å². The van der Waals surface area contributed by atoms with Gasteiger partial charge in [-0.05, 0) is 78.7 Å². The van der Waals surface area contributed by atoms with Crippen molar-refractivity contribution in [3.63, 3.8) is 0 Å². The van der Waals surface area contributed by atoms with Crippen molar-refractivity contribution in [1.82, 2.24) is 29.7 Å². The molecule has 1 aliphatic heterocycles. The number of fused-ring (bicyclic) bond motifs is 6. The molecule has 1 amide bonds. The first kappa shape index (κ1) is 29.9. The Hall–Kier alpha value is -4.17. The Labute approximate surface area is 259 Å². The van der Waals surface area contributed by atoms with Gasteiger partial charge < -0.3 is 19.6 Å². The number of imidazole rings is 2. The number of hydrogen-bond donors (Lipinski definition) is 2. The Kier molecular flexibility index (Phi) is 8.71. The fraction of sp³-hybridized carbons (Fsp3) is 0.417. The fourth-order valence-electron chi connectivity index (χ4n) is 6.20. The van der Waals surface area contributed by atoms with Gasteiger partial charge in [-0.1, -0.05) is 52.3 Å². The highest BCUT2D eigenvalue weighted by molar-refractivity contribution is 6.07. The molecule has 1 aliphatic rings. The Morgan fingerprint density at radius 2 is 1.82 bits per heavy atom. The van der Waals surface area contributed by atoms with Crippen LogP contribution in [0.25, 0.3) is 44.2 Å². The summed E-state index contributed by atoms with van der Waals surface area (Å²) in [4.78, 5) is 33.7. The summed E-state index contributed by atoms with van der Waals surface area (Å²) in [5.74, 6) is 3.26. The van der Waals surface area contributed by atoms with Crippen LogP contribution in [0.1, 0.15) is 70.6 Å². The first-order valence-corrected chi connectivity index (χ1v) is 16.1. The smallest absolute Gasteiger partial charge is 0.223 e. The van der Waals surface area contributed by atoms with Crippen molar-refractivity contribution < 1.29 is 9.53 Å². The highest BCUT2D eigenvalue weighted by Crippen LogP contribution is 2.42. The third-order valence-corrected chi connectivity index (χ3v) is 8.77. The van der Waals surface area contributed by atoms with Gasteiger partial charge in [-0.25, -0.2) is 9.97 Å². The van der Waals surface area contributed by atoms with E-state index in [1.807, 2.05) is 11.1 Å². The molecule has 6 rings (SSSR count). The van der Waals surface area contributed by atoms with Crippen LogP contribution in [0.15, 0.2) is 48.7 Å². The summed E-state index contributed by atoms with van der Waals surface area (Å²) in [7, 11) is 2.13. The van der Waals surface area contributed by atoms with Gasteiger partial charge in [0.15, 0.2) is 0 Å². The van der Waals surface area contributed by atoms with Crippen LogP contribution in [-0.4, -0.2) is 55.8 Å². The molecule has 2 aromatic heterocycles. The third-order valence-electron chi connectivity index (χ3n) is 8.77. The van der Waals surface area contributed by atoms with Crippen LogP contribution in [0.3, 0.4) is 0 Å². The van der Waals surface area contributed by atoms with Crippen LogP contribution in [0.4, 0.5) is 0 Å². The molecule has 5 aromatic rings. The summed E-state index contributed by atoms with van der Waals surface area (Å²) in [6.07, 6.45) is 5.50. The molecule has 230 valence electrons. The van der Waals surface area contributed by atoms with Crippen LogP contribution in [0, 0.1) is 5.92 Å². The van der Waals surface area contributed by atoms with Gasteiger partial charge in [0.25, 0.3) is 0 Å². The normalized spacial score (nSPS) is 13.2. The number of carbonyl (C=O) groups excluding carboxylic acids is 1. The Morgan fingerprint density at radius 1 is 0.977 bits per heavy atom. The van der Waals surface area contributed by atoms with Crippen molar-refractivity contribution in [2.24, 2.45) is 5.92 Å². The summed E-state index contributed by atoms with van der Waals surface area (Å²) in [6, 6.07) is 15.2. The molecule has 44 heavy (non-hydrogen) atoms. The lowest BCUT2D eigenvalue weighted by atomic mass is 9.92. The number of carbonyl (C=O) groups is 1. The number of aromatic nitrogens is 4. The van der Waals surface area contributed by atoms with E-state index in [-0.39, 0.29) is 5.91 Å². The Balaban J connectivity index is 1.24. The van der Waals surface area contributed by atoms with E-state index in [0.717, 1.165) is 100 Å². The average Bonchev–Trinajstić information content (AvgIpc) is 3.66. The van der Waals surface area contributed by atoms with Gasteiger partial charge in [-0.15, -0.1) is 0 Å². The first-order chi connectivity index (χ1) is 21.4. The van der Waals surface area contributed by atoms with E-state index in [4.69, 9.17) is 9.72 Å². The number of nitrogens with zero attached hydrogens (tertiary/aromatic N) is 4. The van der Waals surface area contributed by atoms with Crippen molar-refractivity contribution in [3.8, 4) is 28.1 Å². The summed E-state index contributed by atoms with van der Waals surface area (Å²) >= 11 is 0. The summed E-state index contributed by atoms with van der Waals surface area (Å²) in [6.45, 7) is 12.1. The Bertz CT molecular complexity index is 1790. The fourth-order valence-corrected chi connectivity index (χ4v) is 6.20. The Morgan fingerprint density at radius 3 is 2.61 bits per heavy atom. The van der Waals surface area contributed by atoms with Gasteiger partial charge in [-0.2, -0.15) is 0 Å². The first-order valence-electron chi connectivity index (χ1n) is 16.1. The molecular weight excluding hydrogens is 548 g/mol. The van der Waals surface area contributed by atoms with Crippen LogP contribution in [0.2, 0.25) is 0 Å². The average molecular weight is 593 g/mol. The summed E-state index contributed by atoms with van der Waals surface area (Å²) in [5.41, 5.74) is 7.47. The summed E-state index contributed by atoms with van der Waals surface area (Å²) in [5, 5.41) is 2.25. The number of hydrogen-bond acceptors (Lipinski definition) is 5. The van der Waals surface area contributed by atoms with E-state index in [2.05, 4.69) is 97.1 Å². The molecule has 8 nitrogen and oxygen atoms in total. The quantitative estimate of drug-likeness (QED) is 0.155. The lowest BCUT2D eigenvalue weighted by Gasteiger charge is -2.23. The van der Waals surface area contributed by atoms with Crippen LogP contribution < -0.4 is 4.74 Å². The second-order valence-electron chi connectivity index (χ2n) is 12.4. The number of amides is 1. The maximum Gasteiger partial charge on any atom is 0.223 e. The van der Waals surface area contributed by atoms with E-state index in [1.54, 1.807) is 0 Å². The molecule has 1 atom stereocenters. The second-order valence-corrected chi connectivity index (χ2v) is 12.4. The van der Waals surface area contributed by atoms with Crippen LogP contribution in [0.5, 0.6) is 5.75 Å². The third kappa shape index (κ3) is 6.09. The minimum absolute atomic E-state index is 0.198. The number of ether oxygens (including phenoxy) is 1. The number of H-pyrrole nitrogens is 2.